The molecule has 1 amide bonds. The van der Waals surface area contributed by atoms with Crippen molar-refractivity contribution in [3.05, 3.63) is 29.8 Å². The number of amides is 1. The summed E-state index contributed by atoms with van der Waals surface area (Å²) in [7, 11) is 1.86. The maximum absolute atomic E-state index is 12.3. The fraction of sp³-hybridized carbons (Fsp3) is 0.588. The van der Waals surface area contributed by atoms with Crippen LogP contribution in [0.5, 0.6) is 5.75 Å². The highest BCUT2D eigenvalue weighted by atomic mass is 16.5. The van der Waals surface area contributed by atoms with Gasteiger partial charge in [-0.25, -0.2) is 0 Å². The van der Waals surface area contributed by atoms with Crippen molar-refractivity contribution in [3.8, 4) is 5.75 Å². The SMILES string of the molecule is CCOc1ccc(CN(C)C(=O)CN2CCC(N)CC2)cc1. The summed E-state index contributed by atoms with van der Waals surface area (Å²) < 4.78 is 5.43. The smallest absolute Gasteiger partial charge is 0.236 e. The van der Waals surface area contributed by atoms with Crippen LogP contribution in [0.3, 0.4) is 0 Å². The Hall–Kier alpha value is -1.59. The molecule has 0 radical (unpaired) electrons. The summed E-state index contributed by atoms with van der Waals surface area (Å²) in [6, 6.07) is 8.21. The molecule has 122 valence electrons. The molecule has 5 heteroatoms. The Balaban J connectivity index is 1.80. The van der Waals surface area contributed by atoms with E-state index in [1.54, 1.807) is 4.90 Å². The van der Waals surface area contributed by atoms with Crippen LogP contribution in [-0.2, 0) is 11.3 Å². The number of carbonyl (C=O) groups excluding carboxylic acids is 1. The third kappa shape index (κ3) is 5.00. The second-order valence-corrected chi connectivity index (χ2v) is 5.94. The maximum Gasteiger partial charge on any atom is 0.236 e. The highest BCUT2D eigenvalue weighted by molar-refractivity contribution is 5.78. The van der Waals surface area contributed by atoms with Gasteiger partial charge in [-0.3, -0.25) is 9.69 Å². The molecule has 0 unspecified atom stereocenters. The van der Waals surface area contributed by atoms with E-state index in [2.05, 4.69) is 4.90 Å². The lowest BCUT2D eigenvalue weighted by atomic mass is 10.1. The van der Waals surface area contributed by atoms with Crippen LogP contribution in [0.15, 0.2) is 24.3 Å². The zero-order chi connectivity index (χ0) is 15.9. The standard InChI is InChI=1S/C17H27N3O2/c1-3-22-16-6-4-14(5-7-16)12-19(2)17(21)13-20-10-8-15(18)9-11-20/h4-7,15H,3,8-13,18H2,1-2H3. The molecular formula is C17H27N3O2. The summed E-state index contributed by atoms with van der Waals surface area (Å²) in [5, 5.41) is 0. The number of likely N-dealkylation sites (tertiary alicyclic amines) is 1. The molecule has 1 aliphatic rings. The van der Waals surface area contributed by atoms with Crippen molar-refractivity contribution in [2.75, 3.05) is 33.3 Å². The van der Waals surface area contributed by atoms with Crippen molar-refractivity contribution < 1.29 is 9.53 Å². The summed E-state index contributed by atoms with van der Waals surface area (Å²) in [4.78, 5) is 16.3. The summed E-state index contributed by atoms with van der Waals surface area (Å²) in [6.07, 6.45) is 1.96. The first-order valence-electron chi connectivity index (χ1n) is 8.02. The van der Waals surface area contributed by atoms with Gasteiger partial charge < -0.3 is 15.4 Å². The van der Waals surface area contributed by atoms with Gasteiger partial charge in [0.2, 0.25) is 5.91 Å². The fourth-order valence-electron chi connectivity index (χ4n) is 2.64. The number of carbonyl (C=O) groups is 1. The number of nitrogens with zero attached hydrogens (tertiary/aromatic N) is 2. The fourth-order valence-corrected chi connectivity index (χ4v) is 2.64. The van der Waals surface area contributed by atoms with Gasteiger partial charge in [-0.15, -0.1) is 0 Å². The zero-order valence-corrected chi connectivity index (χ0v) is 13.6. The molecule has 1 saturated heterocycles. The average molecular weight is 305 g/mol. The Kier molecular flexibility index (Phi) is 6.21. The number of nitrogens with two attached hydrogens (primary N) is 1. The van der Waals surface area contributed by atoms with Crippen LogP contribution in [0.2, 0.25) is 0 Å². The molecule has 0 atom stereocenters. The van der Waals surface area contributed by atoms with Crippen molar-refractivity contribution >= 4 is 5.91 Å². The van der Waals surface area contributed by atoms with Gasteiger partial charge in [-0.05, 0) is 37.5 Å². The average Bonchev–Trinajstić information content (AvgIpc) is 2.51. The normalized spacial score (nSPS) is 16.5. The monoisotopic (exact) mass is 305 g/mol. The number of hydrogen-bond donors (Lipinski definition) is 1. The third-order valence-corrected chi connectivity index (χ3v) is 4.07. The molecule has 5 nitrogen and oxygen atoms in total. The van der Waals surface area contributed by atoms with Crippen LogP contribution in [0.1, 0.15) is 25.3 Å². The van der Waals surface area contributed by atoms with Gasteiger partial charge in [-0.1, -0.05) is 12.1 Å². The largest absolute Gasteiger partial charge is 0.494 e. The van der Waals surface area contributed by atoms with E-state index in [0.717, 1.165) is 37.2 Å². The molecule has 2 rings (SSSR count). The summed E-state index contributed by atoms with van der Waals surface area (Å²) in [5.74, 6) is 1.02. The molecule has 1 aliphatic heterocycles. The topological polar surface area (TPSA) is 58.8 Å². The van der Waals surface area contributed by atoms with Crippen LogP contribution in [0.4, 0.5) is 0 Å². The van der Waals surface area contributed by atoms with Crippen LogP contribution in [0.25, 0.3) is 0 Å². The van der Waals surface area contributed by atoms with Crippen molar-refractivity contribution in [1.29, 1.82) is 0 Å². The van der Waals surface area contributed by atoms with Crippen molar-refractivity contribution in [2.45, 2.75) is 32.4 Å². The lowest BCUT2D eigenvalue weighted by Crippen LogP contribution is -2.44. The Morgan fingerprint density at radius 3 is 2.55 bits per heavy atom. The third-order valence-electron chi connectivity index (χ3n) is 4.07. The molecule has 0 aliphatic carbocycles. The first kappa shape index (κ1) is 16.8. The van der Waals surface area contributed by atoms with E-state index in [0.29, 0.717) is 25.7 Å². The zero-order valence-electron chi connectivity index (χ0n) is 13.6. The molecule has 1 fully saturated rings. The minimum absolute atomic E-state index is 0.157. The maximum atomic E-state index is 12.3. The Bertz CT molecular complexity index is 467. The van der Waals surface area contributed by atoms with E-state index < -0.39 is 0 Å². The van der Waals surface area contributed by atoms with Gasteiger partial charge in [0.15, 0.2) is 0 Å². The molecule has 1 heterocycles. The molecule has 1 aromatic rings. The van der Waals surface area contributed by atoms with Gasteiger partial charge in [0.05, 0.1) is 13.2 Å². The number of likely N-dealkylation sites (N-methyl/N-ethyl adjacent to an activating group) is 1. The van der Waals surface area contributed by atoms with E-state index >= 15 is 0 Å². The number of hydrogen-bond acceptors (Lipinski definition) is 4. The van der Waals surface area contributed by atoms with Gasteiger partial charge in [0.1, 0.15) is 5.75 Å². The van der Waals surface area contributed by atoms with E-state index in [1.807, 2.05) is 38.2 Å². The lowest BCUT2D eigenvalue weighted by Gasteiger charge is -2.30. The predicted octanol–water partition coefficient (Wildman–Crippen LogP) is 1.47. The van der Waals surface area contributed by atoms with Crippen LogP contribution >= 0.6 is 0 Å². The second kappa shape index (κ2) is 8.15. The minimum atomic E-state index is 0.157. The van der Waals surface area contributed by atoms with E-state index in [1.165, 1.54) is 0 Å². The summed E-state index contributed by atoms with van der Waals surface area (Å²) >= 11 is 0. The van der Waals surface area contributed by atoms with Gasteiger partial charge >= 0.3 is 0 Å². The van der Waals surface area contributed by atoms with Crippen molar-refractivity contribution in [2.24, 2.45) is 5.73 Å². The Morgan fingerprint density at radius 1 is 1.32 bits per heavy atom. The van der Waals surface area contributed by atoms with Gasteiger partial charge in [0, 0.05) is 32.7 Å². The van der Waals surface area contributed by atoms with Crippen LogP contribution in [-0.4, -0.2) is 55.0 Å². The molecule has 0 spiro atoms. The Labute approximate surface area is 133 Å². The number of piperidine rings is 1. The van der Waals surface area contributed by atoms with Crippen LogP contribution < -0.4 is 10.5 Å². The first-order chi connectivity index (χ1) is 10.6. The number of rotatable bonds is 6. The van der Waals surface area contributed by atoms with Crippen molar-refractivity contribution in [3.63, 3.8) is 0 Å². The highest BCUT2D eigenvalue weighted by Crippen LogP contribution is 2.14. The van der Waals surface area contributed by atoms with Gasteiger partial charge in [-0.2, -0.15) is 0 Å². The second-order valence-electron chi connectivity index (χ2n) is 5.94. The summed E-state index contributed by atoms with van der Waals surface area (Å²) in [5.41, 5.74) is 7.00. The molecule has 1 aromatic carbocycles. The first-order valence-corrected chi connectivity index (χ1v) is 8.02. The van der Waals surface area contributed by atoms with E-state index in [4.69, 9.17) is 10.5 Å². The molecule has 0 bridgehead atoms. The predicted molar refractivity (Wildman–Crippen MR) is 87.7 cm³/mol. The molecular weight excluding hydrogens is 278 g/mol. The number of ether oxygens (including phenoxy) is 1. The molecule has 0 aromatic heterocycles. The molecule has 22 heavy (non-hydrogen) atoms. The minimum Gasteiger partial charge on any atom is -0.494 e. The molecule has 2 N–H and O–H groups in total. The highest BCUT2D eigenvalue weighted by Gasteiger charge is 2.19. The van der Waals surface area contributed by atoms with Crippen molar-refractivity contribution in [1.82, 2.24) is 9.80 Å². The molecule has 0 saturated carbocycles. The van der Waals surface area contributed by atoms with E-state index in [9.17, 15) is 4.79 Å². The number of benzene rings is 1. The lowest BCUT2D eigenvalue weighted by molar-refractivity contribution is -0.131. The van der Waals surface area contributed by atoms with E-state index in [-0.39, 0.29) is 5.91 Å². The quantitative estimate of drug-likeness (QED) is 0.864. The summed E-state index contributed by atoms with van der Waals surface area (Å²) in [6.45, 7) is 5.58. The Morgan fingerprint density at radius 2 is 1.95 bits per heavy atom. The van der Waals surface area contributed by atoms with Crippen LogP contribution in [0, 0.1) is 0 Å². The van der Waals surface area contributed by atoms with Gasteiger partial charge in [0.25, 0.3) is 0 Å².